The molecule has 6 nitrogen and oxygen atoms in total. The first-order valence-electron chi connectivity index (χ1n) is 6.71. The van der Waals surface area contributed by atoms with E-state index in [0.29, 0.717) is 18.9 Å². The second-order valence-corrected chi connectivity index (χ2v) is 6.19. The van der Waals surface area contributed by atoms with Crippen LogP contribution in [0.2, 0.25) is 0 Å². The van der Waals surface area contributed by atoms with E-state index in [1.807, 2.05) is 19.0 Å². The zero-order valence-electron chi connectivity index (χ0n) is 12.6. The zero-order valence-corrected chi connectivity index (χ0v) is 14.2. The van der Waals surface area contributed by atoms with Gasteiger partial charge in [0, 0.05) is 19.6 Å². The predicted octanol–water partition coefficient (Wildman–Crippen LogP) is 1.79. The highest BCUT2D eigenvalue weighted by Crippen LogP contribution is 2.26. The van der Waals surface area contributed by atoms with Crippen LogP contribution in [0.25, 0.3) is 0 Å². The van der Waals surface area contributed by atoms with Crippen LogP contribution in [0.15, 0.2) is 10.8 Å². The molecule has 0 aliphatic heterocycles. The van der Waals surface area contributed by atoms with Crippen LogP contribution >= 0.6 is 15.9 Å². The van der Waals surface area contributed by atoms with E-state index >= 15 is 0 Å². The van der Waals surface area contributed by atoms with Crippen LogP contribution in [0.4, 0.5) is 11.6 Å². The fraction of sp³-hybridized carbons (Fsp3) is 0.692. The molecule has 0 spiro atoms. The summed E-state index contributed by atoms with van der Waals surface area (Å²) in [7, 11) is 3.86. The first-order chi connectivity index (χ1) is 9.35. The number of hydrogen-bond acceptors (Lipinski definition) is 6. The fourth-order valence-corrected chi connectivity index (χ4v) is 2.36. The standard InChI is InChI=1S/C13H24BrN5O/c1-5-6-15-11-10(14)12(18-9-17-11)16-7-13(2,20)8-19(3)4/h9,20H,5-8H2,1-4H3,(H2,15,16,17,18). The minimum Gasteiger partial charge on any atom is -0.387 e. The van der Waals surface area contributed by atoms with Crippen molar-refractivity contribution in [3.63, 3.8) is 0 Å². The number of aromatic nitrogens is 2. The Balaban J connectivity index is 2.68. The highest BCUT2D eigenvalue weighted by atomic mass is 79.9. The maximum atomic E-state index is 10.3. The van der Waals surface area contributed by atoms with E-state index in [0.717, 1.165) is 23.3 Å². The molecular weight excluding hydrogens is 322 g/mol. The van der Waals surface area contributed by atoms with Crippen LogP contribution in [-0.4, -0.2) is 59.3 Å². The van der Waals surface area contributed by atoms with Crippen molar-refractivity contribution in [2.75, 3.05) is 44.4 Å². The molecule has 0 aliphatic rings. The van der Waals surface area contributed by atoms with Crippen molar-refractivity contribution in [2.45, 2.75) is 25.9 Å². The van der Waals surface area contributed by atoms with Gasteiger partial charge in [-0.25, -0.2) is 9.97 Å². The number of nitrogens with one attached hydrogen (secondary N) is 2. The molecule has 0 saturated heterocycles. The van der Waals surface area contributed by atoms with Crippen molar-refractivity contribution < 1.29 is 5.11 Å². The lowest BCUT2D eigenvalue weighted by molar-refractivity contribution is 0.0459. The molecule has 20 heavy (non-hydrogen) atoms. The average molecular weight is 346 g/mol. The van der Waals surface area contributed by atoms with Crippen LogP contribution in [0.5, 0.6) is 0 Å². The van der Waals surface area contributed by atoms with Gasteiger partial charge in [0.2, 0.25) is 0 Å². The molecule has 7 heteroatoms. The highest BCUT2D eigenvalue weighted by Gasteiger charge is 2.22. The quantitative estimate of drug-likeness (QED) is 0.667. The van der Waals surface area contributed by atoms with Crippen molar-refractivity contribution in [1.82, 2.24) is 14.9 Å². The maximum absolute atomic E-state index is 10.3. The largest absolute Gasteiger partial charge is 0.387 e. The van der Waals surface area contributed by atoms with Gasteiger partial charge < -0.3 is 20.6 Å². The summed E-state index contributed by atoms with van der Waals surface area (Å²) in [4.78, 5) is 10.3. The number of rotatable bonds is 8. The monoisotopic (exact) mass is 345 g/mol. The minimum absolute atomic E-state index is 0.411. The Kier molecular flexibility index (Phi) is 6.64. The fourth-order valence-electron chi connectivity index (χ4n) is 1.87. The molecule has 114 valence electrons. The van der Waals surface area contributed by atoms with E-state index in [2.05, 4.69) is 43.5 Å². The van der Waals surface area contributed by atoms with Gasteiger partial charge >= 0.3 is 0 Å². The van der Waals surface area contributed by atoms with Gasteiger partial charge in [-0.15, -0.1) is 0 Å². The van der Waals surface area contributed by atoms with Crippen molar-refractivity contribution in [3.8, 4) is 0 Å². The van der Waals surface area contributed by atoms with Gasteiger partial charge in [-0.1, -0.05) is 6.92 Å². The molecule has 0 fully saturated rings. The van der Waals surface area contributed by atoms with Crippen LogP contribution in [0.1, 0.15) is 20.3 Å². The second kappa shape index (κ2) is 7.75. The van der Waals surface area contributed by atoms with Gasteiger partial charge in [-0.2, -0.15) is 0 Å². The van der Waals surface area contributed by atoms with Gasteiger partial charge in [0.15, 0.2) is 0 Å². The molecule has 0 aromatic carbocycles. The summed E-state index contributed by atoms with van der Waals surface area (Å²) in [6.45, 7) is 5.73. The second-order valence-electron chi connectivity index (χ2n) is 5.40. The Morgan fingerprint density at radius 1 is 1.30 bits per heavy atom. The number of anilines is 2. The predicted molar refractivity (Wildman–Crippen MR) is 86.2 cm³/mol. The summed E-state index contributed by atoms with van der Waals surface area (Å²) in [5.74, 6) is 1.44. The summed E-state index contributed by atoms with van der Waals surface area (Å²) in [5, 5.41) is 16.7. The van der Waals surface area contributed by atoms with Crippen molar-refractivity contribution in [3.05, 3.63) is 10.8 Å². The summed E-state index contributed by atoms with van der Waals surface area (Å²) in [6.07, 6.45) is 2.53. The van der Waals surface area contributed by atoms with Crippen LogP contribution in [0, 0.1) is 0 Å². The molecule has 0 saturated carbocycles. The molecule has 1 rings (SSSR count). The molecular formula is C13H24BrN5O. The van der Waals surface area contributed by atoms with Crippen LogP contribution in [0.3, 0.4) is 0 Å². The summed E-state index contributed by atoms with van der Waals surface area (Å²) in [5.41, 5.74) is -0.828. The third-order valence-electron chi connectivity index (χ3n) is 2.63. The Morgan fingerprint density at radius 3 is 2.45 bits per heavy atom. The molecule has 1 aromatic rings. The third kappa shape index (κ3) is 5.60. The van der Waals surface area contributed by atoms with Gasteiger partial charge in [0.1, 0.15) is 22.4 Å². The Bertz CT molecular complexity index is 425. The molecule has 0 amide bonds. The number of aliphatic hydroxyl groups is 1. The highest BCUT2D eigenvalue weighted by molar-refractivity contribution is 9.10. The molecule has 0 radical (unpaired) electrons. The zero-order chi connectivity index (χ0) is 15.2. The topological polar surface area (TPSA) is 73.3 Å². The molecule has 1 unspecified atom stereocenters. The van der Waals surface area contributed by atoms with E-state index in [1.165, 1.54) is 6.33 Å². The maximum Gasteiger partial charge on any atom is 0.146 e. The third-order valence-corrected chi connectivity index (χ3v) is 3.38. The molecule has 0 bridgehead atoms. The molecule has 1 atom stereocenters. The lowest BCUT2D eigenvalue weighted by atomic mass is 10.1. The average Bonchev–Trinajstić information content (AvgIpc) is 2.34. The minimum atomic E-state index is -0.828. The van der Waals surface area contributed by atoms with Crippen molar-refractivity contribution in [1.29, 1.82) is 0 Å². The van der Waals surface area contributed by atoms with Gasteiger partial charge in [0.05, 0.1) is 5.60 Å². The van der Waals surface area contributed by atoms with E-state index in [9.17, 15) is 5.11 Å². The Morgan fingerprint density at radius 2 is 1.90 bits per heavy atom. The van der Waals surface area contributed by atoms with Crippen LogP contribution in [-0.2, 0) is 0 Å². The lowest BCUT2D eigenvalue weighted by Crippen LogP contribution is -2.43. The van der Waals surface area contributed by atoms with Gasteiger partial charge in [0.25, 0.3) is 0 Å². The summed E-state index contributed by atoms with van der Waals surface area (Å²) >= 11 is 3.49. The van der Waals surface area contributed by atoms with Gasteiger partial charge in [-0.3, -0.25) is 0 Å². The van der Waals surface area contributed by atoms with Gasteiger partial charge in [-0.05, 0) is 43.4 Å². The first kappa shape index (κ1) is 17.1. The van der Waals surface area contributed by atoms with Crippen molar-refractivity contribution >= 4 is 27.6 Å². The molecule has 1 aromatic heterocycles. The lowest BCUT2D eigenvalue weighted by Gasteiger charge is -2.27. The number of hydrogen-bond donors (Lipinski definition) is 3. The SMILES string of the molecule is CCCNc1ncnc(NCC(C)(O)CN(C)C)c1Br. The first-order valence-corrected chi connectivity index (χ1v) is 7.50. The van der Waals surface area contributed by atoms with E-state index in [-0.39, 0.29) is 0 Å². The number of halogens is 1. The molecule has 3 N–H and O–H groups in total. The van der Waals surface area contributed by atoms with E-state index in [1.54, 1.807) is 6.92 Å². The number of likely N-dealkylation sites (N-methyl/N-ethyl adjacent to an activating group) is 1. The normalized spacial score (nSPS) is 14.2. The Hall–Kier alpha value is -0.920. The summed E-state index contributed by atoms with van der Waals surface area (Å²) < 4.78 is 0.786. The summed E-state index contributed by atoms with van der Waals surface area (Å²) in [6, 6.07) is 0. The van der Waals surface area contributed by atoms with E-state index < -0.39 is 5.60 Å². The van der Waals surface area contributed by atoms with E-state index in [4.69, 9.17) is 0 Å². The Labute approximate surface area is 129 Å². The molecule has 1 heterocycles. The number of nitrogens with zero attached hydrogens (tertiary/aromatic N) is 3. The van der Waals surface area contributed by atoms with Crippen LogP contribution < -0.4 is 10.6 Å². The molecule has 0 aliphatic carbocycles. The van der Waals surface area contributed by atoms with Crippen molar-refractivity contribution in [2.24, 2.45) is 0 Å². The smallest absolute Gasteiger partial charge is 0.146 e.